The van der Waals surface area contributed by atoms with E-state index < -0.39 is 5.97 Å². The lowest BCUT2D eigenvalue weighted by molar-refractivity contribution is -0.133. The molecule has 0 saturated heterocycles. The van der Waals surface area contributed by atoms with E-state index in [9.17, 15) is 4.79 Å². The molecule has 0 aliphatic carbocycles. The van der Waals surface area contributed by atoms with E-state index in [0.29, 0.717) is 5.92 Å². The topological polar surface area (TPSA) is 37.3 Å². The molecular weight excluding hydrogens is 208 g/mol. The van der Waals surface area contributed by atoms with E-state index in [0.717, 1.165) is 10.5 Å². The third kappa shape index (κ3) is 3.59. The number of hydrogen-bond donors (Lipinski definition) is 1. The number of carbonyl (C=O) groups is 1. The number of hydrogen-bond acceptors (Lipinski definition) is 2. The summed E-state index contributed by atoms with van der Waals surface area (Å²) in [5, 5.41) is 8.62. The van der Waals surface area contributed by atoms with Crippen LogP contribution in [0.4, 0.5) is 0 Å². The van der Waals surface area contributed by atoms with Crippen LogP contribution in [0.3, 0.4) is 0 Å². The Morgan fingerprint density at radius 2 is 2.13 bits per heavy atom. The summed E-state index contributed by atoms with van der Waals surface area (Å²) < 4.78 is 0. The standard InChI is InChI=1S/C12H16O2S/c1-8(2)10-5-4-9(3)11(6-10)15-7-12(13)14/h4-6,8H,7H2,1-3H3,(H,13,14). The molecule has 2 nitrogen and oxygen atoms in total. The second-order valence-electron chi connectivity index (χ2n) is 3.86. The van der Waals surface area contributed by atoms with Crippen molar-refractivity contribution in [3.8, 4) is 0 Å². The van der Waals surface area contributed by atoms with Crippen LogP contribution in [0.15, 0.2) is 23.1 Å². The Morgan fingerprint density at radius 3 is 2.67 bits per heavy atom. The molecule has 0 heterocycles. The second-order valence-corrected chi connectivity index (χ2v) is 4.88. The van der Waals surface area contributed by atoms with Crippen molar-refractivity contribution in [3.63, 3.8) is 0 Å². The summed E-state index contributed by atoms with van der Waals surface area (Å²) in [6, 6.07) is 6.25. The van der Waals surface area contributed by atoms with Gasteiger partial charge in [0.2, 0.25) is 0 Å². The van der Waals surface area contributed by atoms with Gasteiger partial charge in [-0.25, -0.2) is 0 Å². The minimum Gasteiger partial charge on any atom is -0.481 e. The molecular formula is C12H16O2S. The van der Waals surface area contributed by atoms with Crippen molar-refractivity contribution in [1.82, 2.24) is 0 Å². The average Bonchev–Trinajstić information content (AvgIpc) is 2.16. The van der Waals surface area contributed by atoms with E-state index in [1.54, 1.807) is 0 Å². The van der Waals surface area contributed by atoms with Crippen LogP contribution >= 0.6 is 11.8 Å². The summed E-state index contributed by atoms with van der Waals surface area (Å²) in [7, 11) is 0. The van der Waals surface area contributed by atoms with E-state index in [1.165, 1.54) is 17.3 Å². The van der Waals surface area contributed by atoms with Crippen LogP contribution in [0.25, 0.3) is 0 Å². The van der Waals surface area contributed by atoms with E-state index in [4.69, 9.17) is 5.11 Å². The smallest absolute Gasteiger partial charge is 0.313 e. The first-order chi connectivity index (χ1) is 7.00. The summed E-state index contributed by atoms with van der Waals surface area (Å²) in [6.07, 6.45) is 0. The van der Waals surface area contributed by atoms with Gasteiger partial charge in [-0.1, -0.05) is 26.0 Å². The molecule has 0 atom stereocenters. The highest BCUT2D eigenvalue weighted by Gasteiger charge is 2.06. The van der Waals surface area contributed by atoms with Crippen LogP contribution in [0.5, 0.6) is 0 Å². The maximum Gasteiger partial charge on any atom is 0.313 e. The minimum absolute atomic E-state index is 0.127. The predicted molar refractivity (Wildman–Crippen MR) is 63.6 cm³/mol. The van der Waals surface area contributed by atoms with E-state index in [2.05, 4.69) is 32.0 Å². The van der Waals surface area contributed by atoms with Gasteiger partial charge in [-0.3, -0.25) is 4.79 Å². The molecule has 0 fully saturated rings. The zero-order valence-electron chi connectivity index (χ0n) is 9.28. The van der Waals surface area contributed by atoms with E-state index in [-0.39, 0.29) is 5.75 Å². The number of benzene rings is 1. The molecule has 0 bridgehead atoms. The van der Waals surface area contributed by atoms with Crippen LogP contribution in [-0.4, -0.2) is 16.8 Å². The fraction of sp³-hybridized carbons (Fsp3) is 0.417. The van der Waals surface area contributed by atoms with Gasteiger partial charge in [0, 0.05) is 4.90 Å². The van der Waals surface area contributed by atoms with Crippen LogP contribution in [0.1, 0.15) is 30.9 Å². The molecule has 1 N–H and O–H groups in total. The number of rotatable bonds is 4. The lowest BCUT2D eigenvalue weighted by Gasteiger charge is -2.09. The lowest BCUT2D eigenvalue weighted by Crippen LogP contribution is -1.98. The van der Waals surface area contributed by atoms with Gasteiger partial charge in [-0.2, -0.15) is 0 Å². The first-order valence-electron chi connectivity index (χ1n) is 4.96. The second kappa shape index (κ2) is 5.21. The van der Waals surface area contributed by atoms with Crippen molar-refractivity contribution in [2.45, 2.75) is 31.6 Å². The molecule has 0 aliphatic rings. The Morgan fingerprint density at radius 1 is 1.47 bits per heavy atom. The molecule has 0 aromatic heterocycles. The maximum absolute atomic E-state index is 10.5. The predicted octanol–water partition coefficient (Wildman–Crippen LogP) is 3.30. The first-order valence-corrected chi connectivity index (χ1v) is 5.94. The fourth-order valence-corrected chi connectivity index (χ4v) is 2.06. The SMILES string of the molecule is Cc1ccc(C(C)C)cc1SCC(=O)O. The third-order valence-electron chi connectivity index (χ3n) is 2.23. The Labute approximate surface area is 94.7 Å². The molecule has 1 aromatic rings. The highest BCUT2D eigenvalue weighted by atomic mass is 32.2. The summed E-state index contributed by atoms with van der Waals surface area (Å²) in [6.45, 7) is 6.28. The molecule has 0 unspecified atom stereocenters. The minimum atomic E-state index is -0.769. The van der Waals surface area contributed by atoms with Crippen molar-refractivity contribution < 1.29 is 9.90 Å². The molecule has 0 radical (unpaired) electrons. The largest absolute Gasteiger partial charge is 0.481 e. The molecule has 82 valence electrons. The molecule has 0 amide bonds. The highest BCUT2D eigenvalue weighted by Crippen LogP contribution is 2.26. The van der Waals surface area contributed by atoms with Crippen LogP contribution in [-0.2, 0) is 4.79 Å². The van der Waals surface area contributed by atoms with Gasteiger partial charge < -0.3 is 5.11 Å². The number of carboxylic acid groups (broad SMARTS) is 1. The molecule has 0 aliphatic heterocycles. The zero-order valence-corrected chi connectivity index (χ0v) is 10.1. The zero-order chi connectivity index (χ0) is 11.4. The highest BCUT2D eigenvalue weighted by molar-refractivity contribution is 8.00. The number of thioether (sulfide) groups is 1. The molecule has 0 saturated carbocycles. The molecule has 0 spiro atoms. The quantitative estimate of drug-likeness (QED) is 0.797. The monoisotopic (exact) mass is 224 g/mol. The number of carboxylic acids is 1. The van der Waals surface area contributed by atoms with Crippen LogP contribution in [0, 0.1) is 6.92 Å². The van der Waals surface area contributed by atoms with Gasteiger partial charge in [0.05, 0.1) is 5.75 Å². The van der Waals surface area contributed by atoms with Gasteiger partial charge in [0.25, 0.3) is 0 Å². The van der Waals surface area contributed by atoms with Crippen molar-refractivity contribution >= 4 is 17.7 Å². The van der Waals surface area contributed by atoms with Crippen molar-refractivity contribution in [1.29, 1.82) is 0 Å². The third-order valence-corrected chi connectivity index (χ3v) is 3.37. The summed E-state index contributed by atoms with van der Waals surface area (Å²) in [4.78, 5) is 11.6. The Balaban J connectivity index is 2.85. The van der Waals surface area contributed by atoms with Gasteiger partial charge >= 0.3 is 5.97 Å². The first kappa shape index (κ1) is 12.1. The Hall–Kier alpha value is -0.960. The molecule has 3 heteroatoms. The van der Waals surface area contributed by atoms with Crippen molar-refractivity contribution in [3.05, 3.63) is 29.3 Å². The summed E-state index contributed by atoms with van der Waals surface area (Å²) in [5.41, 5.74) is 2.40. The molecule has 1 aromatic carbocycles. The van der Waals surface area contributed by atoms with E-state index >= 15 is 0 Å². The molecule has 15 heavy (non-hydrogen) atoms. The normalized spacial score (nSPS) is 10.7. The fourth-order valence-electron chi connectivity index (χ4n) is 1.27. The van der Waals surface area contributed by atoms with Gasteiger partial charge in [-0.15, -0.1) is 11.8 Å². The van der Waals surface area contributed by atoms with Gasteiger partial charge in [0.1, 0.15) is 0 Å². The van der Waals surface area contributed by atoms with Crippen molar-refractivity contribution in [2.75, 3.05) is 5.75 Å². The molecule has 1 rings (SSSR count). The van der Waals surface area contributed by atoms with E-state index in [1.807, 2.05) is 6.92 Å². The van der Waals surface area contributed by atoms with Crippen molar-refractivity contribution in [2.24, 2.45) is 0 Å². The number of aliphatic carboxylic acids is 1. The average molecular weight is 224 g/mol. The Kier molecular flexibility index (Phi) is 4.21. The lowest BCUT2D eigenvalue weighted by atomic mass is 10.0. The van der Waals surface area contributed by atoms with Crippen LogP contribution < -0.4 is 0 Å². The van der Waals surface area contributed by atoms with Gasteiger partial charge in [0.15, 0.2) is 0 Å². The number of aryl methyl sites for hydroxylation is 1. The summed E-state index contributed by atoms with van der Waals surface area (Å²) >= 11 is 1.39. The maximum atomic E-state index is 10.5. The Bertz CT molecular complexity index is 359. The van der Waals surface area contributed by atoms with Gasteiger partial charge in [-0.05, 0) is 30.0 Å². The van der Waals surface area contributed by atoms with Crippen LogP contribution in [0.2, 0.25) is 0 Å². The summed E-state index contributed by atoms with van der Waals surface area (Å²) in [5.74, 6) is -0.160.